The molecule has 0 atom stereocenters. The highest BCUT2D eigenvalue weighted by atomic mass is 15.2. The first-order valence-electron chi connectivity index (χ1n) is 7.90. The normalized spacial score (nSPS) is 11.7. The van der Waals surface area contributed by atoms with Crippen LogP contribution in [0.4, 0.5) is 11.6 Å². The lowest BCUT2D eigenvalue weighted by Crippen LogP contribution is -2.00. The lowest BCUT2D eigenvalue weighted by Gasteiger charge is -2.09. The average Bonchev–Trinajstić information content (AvgIpc) is 2.62. The van der Waals surface area contributed by atoms with Crippen LogP contribution in [0.3, 0.4) is 0 Å². The second-order valence-electron chi connectivity index (χ2n) is 5.88. The van der Waals surface area contributed by atoms with Crippen molar-refractivity contribution >= 4 is 34.5 Å². The lowest BCUT2D eigenvalue weighted by molar-refractivity contribution is 0.843. The molecule has 0 spiro atoms. The van der Waals surface area contributed by atoms with Crippen LogP contribution in [0.1, 0.15) is 30.9 Å². The highest BCUT2D eigenvalue weighted by molar-refractivity contribution is 6.08. The van der Waals surface area contributed by atoms with Gasteiger partial charge in [-0.05, 0) is 35.7 Å². The number of rotatable bonds is 5. The summed E-state index contributed by atoms with van der Waals surface area (Å²) in [6.07, 6.45) is 6.01. The summed E-state index contributed by atoms with van der Waals surface area (Å²) in [5, 5.41) is 18.7. The summed E-state index contributed by atoms with van der Waals surface area (Å²) in [5.74, 6) is 1.66. The number of hydrogen-bond acceptors (Lipinski definition) is 7. The van der Waals surface area contributed by atoms with Crippen LogP contribution in [-0.4, -0.2) is 26.4 Å². The third-order valence-corrected chi connectivity index (χ3v) is 3.80. The maximum absolute atomic E-state index is 7.40. The first kappa shape index (κ1) is 16.5. The molecule has 0 amide bonds. The molecule has 7 nitrogen and oxygen atoms in total. The Morgan fingerprint density at radius 2 is 2.00 bits per heavy atom. The van der Waals surface area contributed by atoms with Crippen LogP contribution in [0.15, 0.2) is 42.9 Å². The van der Waals surface area contributed by atoms with Crippen LogP contribution < -0.4 is 11.1 Å². The molecule has 0 unspecified atom stereocenters. The molecule has 3 aromatic heterocycles. The molecule has 25 heavy (non-hydrogen) atoms. The minimum absolute atomic E-state index is 0.370. The molecule has 0 aromatic carbocycles. The molecule has 3 heterocycles. The predicted octanol–water partition coefficient (Wildman–Crippen LogP) is 3.24. The Bertz CT molecular complexity index is 947. The first-order valence-corrected chi connectivity index (χ1v) is 7.90. The molecular weight excluding hydrogens is 314 g/mol. The van der Waals surface area contributed by atoms with Crippen LogP contribution in [0, 0.1) is 5.41 Å². The SMILES string of the molecule is CC(C)c1cnnc(Nc2ccc3ncc(/C(C=N)=C/N)cc3n2)c1. The summed E-state index contributed by atoms with van der Waals surface area (Å²) in [7, 11) is 0. The zero-order chi connectivity index (χ0) is 17.8. The van der Waals surface area contributed by atoms with E-state index >= 15 is 0 Å². The molecule has 0 fully saturated rings. The summed E-state index contributed by atoms with van der Waals surface area (Å²) < 4.78 is 0. The number of nitrogens with one attached hydrogen (secondary N) is 2. The molecule has 0 saturated heterocycles. The van der Waals surface area contributed by atoms with E-state index in [4.69, 9.17) is 11.1 Å². The van der Waals surface area contributed by atoms with Gasteiger partial charge in [0.25, 0.3) is 0 Å². The molecular formula is C18H19N7. The van der Waals surface area contributed by atoms with E-state index in [0.717, 1.165) is 16.6 Å². The number of hydrogen-bond donors (Lipinski definition) is 3. The fraction of sp³-hybridized carbons (Fsp3) is 0.167. The van der Waals surface area contributed by atoms with Gasteiger partial charge >= 0.3 is 0 Å². The Balaban J connectivity index is 1.94. The molecule has 126 valence electrons. The van der Waals surface area contributed by atoms with Crippen LogP contribution in [-0.2, 0) is 0 Å². The van der Waals surface area contributed by atoms with Gasteiger partial charge in [-0.3, -0.25) is 4.98 Å². The van der Waals surface area contributed by atoms with Gasteiger partial charge in [-0.1, -0.05) is 13.8 Å². The van der Waals surface area contributed by atoms with Crippen molar-refractivity contribution < 1.29 is 0 Å². The molecule has 0 aliphatic carbocycles. The molecule has 4 N–H and O–H groups in total. The van der Waals surface area contributed by atoms with Gasteiger partial charge in [-0.15, -0.1) is 5.10 Å². The molecule has 7 heteroatoms. The van der Waals surface area contributed by atoms with Crippen molar-refractivity contribution in [3.63, 3.8) is 0 Å². The predicted molar refractivity (Wildman–Crippen MR) is 99.9 cm³/mol. The molecule has 0 aliphatic heterocycles. The second-order valence-corrected chi connectivity index (χ2v) is 5.88. The highest BCUT2D eigenvalue weighted by Crippen LogP contribution is 2.21. The molecule has 3 rings (SSSR count). The van der Waals surface area contributed by atoms with Gasteiger partial charge < -0.3 is 16.5 Å². The third kappa shape index (κ3) is 3.60. The van der Waals surface area contributed by atoms with Gasteiger partial charge in [-0.25, -0.2) is 4.98 Å². The fourth-order valence-electron chi connectivity index (χ4n) is 2.35. The Morgan fingerprint density at radius 3 is 2.72 bits per heavy atom. The van der Waals surface area contributed by atoms with E-state index in [0.29, 0.717) is 28.6 Å². The maximum atomic E-state index is 7.40. The zero-order valence-electron chi connectivity index (χ0n) is 14.1. The van der Waals surface area contributed by atoms with Crippen molar-refractivity contribution in [2.45, 2.75) is 19.8 Å². The fourth-order valence-corrected chi connectivity index (χ4v) is 2.35. The van der Waals surface area contributed by atoms with Crippen molar-refractivity contribution in [2.24, 2.45) is 5.73 Å². The Hall–Kier alpha value is -3.35. The standard InChI is InChI=1S/C18H19N7/c1-11(2)12-6-18(25-22-10-12)24-17-4-3-15-16(23-17)5-13(9-21-15)14(7-19)8-20/h3-11,19H,20H2,1-2H3,(H,23,24,25)/b14-8+,19-7?. The van der Waals surface area contributed by atoms with E-state index in [1.165, 1.54) is 12.4 Å². The van der Waals surface area contributed by atoms with E-state index in [1.54, 1.807) is 12.4 Å². The molecule has 0 bridgehead atoms. The van der Waals surface area contributed by atoms with Gasteiger partial charge in [0.1, 0.15) is 5.82 Å². The van der Waals surface area contributed by atoms with E-state index in [-0.39, 0.29) is 0 Å². The number of fused-ring (bicyclic) bond motifs is 1. The number of allylic oxidation sites excluding steroid dienone is 1. The summed E-state index contributed by atoms with van der Waals surface area (Å²) in [6, 6.07) is 7.54. The van der Waals surface area contributed by atoms with E-state index in [2.05, 4.69) is 39.3 Å². The summed E-state index contributed by atoms with van der Waals surface area (Å²) in [4.78, 5) is 8.94. The van der Waals surface area contributed by atoms with Crippen LogP contribution in [0.5, 0.6) is 0 Å². The number of nitrogens with two attached hydrogens (primary N) is 1. The Kier molecular flexibility index (Phi) is 4.65. The third-order valence-electron chi connectivity index (χ3n) is 3.80. The van der Waals surface area contributed by atoms with E-state index < -0.39 is 0 Å². The summed E-state index contributed by atoms with van der Waals surface area (Å²) in [6.45, 7) is 4.21. The van der Waals surface area contributed by atoms with Gasteiger partial charge in [0.05, 0.1) is 17.2 Å². The van der Waals surface area contributed by atoms with Crippen LogP contribution in [0.2, 0.25) is 0 Å². The monoisotopic (exact) mass is 333 g/mol. The van der Waals surface area contributed by atoms with E-state index in [1.807, 2.05) is 24.3 Å². The zero-order valence-corrected chi connectivity index (χ0v) is 14.1. The molecule has 0 saturated carbocycles. The molecule has 3 aromatic rings. The topological polar surface area (TPSA) is 113 Å². The summed E-state index contributed by atoms with van der Waals surface area (Å²) >= 11 is 0. The molecule has 0 radical (unpaired) electrons. The quantitative estimate of drug-likeness (QED) is 0.618. The Labute approximate surface area is 145 Å². The number of pyridine rings is 2. The number of anilines is 2. The van der Waals surface area contributed by atoms with Crippen LogP contribution >= 0.6 is 0 Å². The van der Waals surface area contributed by atoms with Gasteiger partial charge in [0.15, 0.2) is 5.82 Å². The smallest absolute Gasteiger partial charge is 0.154 e. The lowest BCUT2D eigenvalue weighted by atomic mass is 10.1. The average molecular weight is 333 g/mol. The minimum atomic E-state index is 0.370. The van der Waals surface area contributed by atoms with Gasteiger partial charge in [-0.2, -0.15) is 5.10 Å². The summed E-state index contributed by atoms with van der Waals surface area (Å²) in [5.41, 5.74) is 9.45. The minimum Gasteiger partial charge on any atom is -0.404 e. The van der Waals surface area contributed by atoms with Crippen LogP contribution in [0.25, 0.3) is 16.6 Å². The maximum Gasteiger partial charge on any atom is 0.154 e. The van der Waals surface area contributed by atoms with E-state index in [9.17, 15) is 0 Å². The van der Waals surface area contributed by atoms with Crippen molar-refractivity contribution in [3.8, 4) is 0 Å². The van der Waals surface area contributed by atoms with Crippen molar-refractivity contribution in [1.29, 1.82) is 5.41 Å². The van der Waals surface area contributed by atoms with Crippen molar-refractivity contribution in [1.82, 2.24) is 20.2 Å². The first-order chi connectivity index (χ1) is 12.1. The largest absolute Gasteiger partial charge is 0.404 e. The number of aromatic nitrogens is 4. The number of nitrogens with zero attached hydrogens (tertiary/aromatic N) is 4. The van der Waals surface area contributed by atoms with Crippen molar-refractivity contribution in [2.75, 3.05) is 5.32 Å². The van der Waals surface area contributed by atoms with Gasteiger partial charge in [0, 0.05) is 29.7 Å². The van der Waals surface area contributed by atoms with Crippen molar-refractivity contribution in [3.05, 3.63) is 54.0 Å². The molecule has 0 aliphatic rings. The van der Waals surface area contributed by atoms with Gasteiger partial charge in [0.2, 0.25) is 0 Å². The Morgan fingerprint density at radius 1 is 1.16 bits per heavy atom. The highest BCUT2D eigenvalue weighted by Gasteiger charge is 2.06. The second kappa shape index (κ2) is 7.04.